The molecule has 0 unspecified atom stereocenters. The van der Waals surface area contributed by atoms with E-state index in [1.807, 2.05) is 19.9 Å². The zero-order valence-electron chi connectivity index (χ0n) is 10.3. The molecule has 0 aromatic heterocycles. The number of benzene rings is 1. The minimum atomic E-state index is -4.25. The molecule has 1 rings (SSSR count). The molecule has 1 aromatic rings. The van der Waals surface area contributed by atoms with Crippen LogP contribution in [0.2, 0.25) is 0 Å². The molecule has 0 atom stereocenters. The van der Waals surface area contributed by atoms with Gasteiger partial charge in [0.2, 0.25) is 0 Å². The Hall–Kier alpha value is -1.56. The van der Waals surface area contributed by atoms with Crippen LogP contribution in [0.15, 0.2) is 18.2 Å². The second-order valence-corrected chi connectivity index (χ2v) is 4.24. The van der Waals surface area contributed by atoms with Gasteiger partial charge in [-0.3, -0.25) is 4.79 Å². The van der Waals surface area contributed by atoms with Crippen molar-refractivity contribution < 1.29 is 23.3 Å². The summed E-state index contributed by atoms with van der Waals surface area (Å²) in [6.07, 6.45) is -4.25. The Labute approximate surface area is 103 Å². The minimum absolute atomic E-state index is 0.244. The lowest BCUT2D eigenvalue weighted by Gasteiger charge is -2.08. The highest BCUT2D eigenvalue weighted by atomic mass is 19.4. The van der Waals surface area contributed by atoms with E-state index in [1.165, 1.54) is 0 Å². The summed E-state index contributed by atoms with van der Waals surface area (Å²) >= 11 is 0. The van der Waals surface area contributed by atoms with E-state index in [-0.39, 0.29) is 6.54 Å². The number of aryl methyl sites for hydroxylation is 2. The van der Waals surface area contributed by atoms with Crippen molar-refractivity contribution in [3.63, 3.8) is 0 Å². The predicted octanol–water partition coefficient (Wildman–Crippen LogP) is 1.37. The van der Waals surface area contributed by atoms with E-state index in [0.29, 0.717) is 5.69 Å². The number of carbonyl (C=O) groups excluding carboxylic acids is 1. The van der Waals surface area contributed by atoms with Crippen LogP contribution in [0.5, 0.6) is 0 Å². The van der Waals surface area contributed by atoms with Gasteiger partial charge in [-0.2, -0.15) is 13.2 Å². The van der Waals surface area contributed by atoms with E-state index in [2.05, 4.69) is 5.32 Å². The maximum absolute atomic E-state index is 11.9. The van der Waals surface area contributed by atoms with Crippen molar-refractivity contribution in [2.75, 3.05) is 18.4 Å². The Kier molecular flexibility index (Phi) is 4.72. The average molecular weight is 261 g/mol. The second-order valence-electron chi connectivity index (χ2n) is 4.24. The van der Waals surface area contributed by atoms with Crippen molar-refractivity contribution in [2.24, 2.45) is 0 Å². The summed E-state index contributed by atoms with van der Waals surface area (Å²) in [7, 11) is 0. The van der Waals surface area contributed by atoms with Crippen molar-refractivity contribution in [1.82, 2.24) is 0 Å². The van der Waals surface area contributed by atoms with Gasteiger partial charge in [0.25, 0.3) is 5.91 Å². The molecular weight excluding hydrogens is 245 g/mol. The van der Waals surface area contributed by atoms with Crippen molar-refractivity contribution in [2.45, 2.75) is 20.0 Å². The first-order valence-electron chi connectivity index (χ1n) is 5.53. The third-order valence-electron chi connectivity index (χ3n) is 2.21. The summed E-state index contributed by atoms with van der Waals surface area (Å²) < 4.78 is 35.6. The van der Waals surface area contributed by atoms with Gasteiger partial charge in [-0.15, -0.1) is 0 Å². The molecule has 0 spiro atoms. The number of nitrogens with one attached hydrogen (secondary N) is 1. The summed E-state index contributed by atoms with van der Waals surface area (Å²) in [4.78, 5) is 11.4. The number of quaternary nitrogens is 1. The lowest BCUT2D eigenvalue weighted by Crippen LogP contribution is -2.88. The van der Waals surface area contributed by atoms with Crippen LogP contribution in [0.1, 0.15) is 11.1 Å². The lowest BCUT2D eigenvalue weighted by molar-refractivity contribution is -0.665. The zero-order chi connectivity index (χ0) is 13.8. The van der Waals surface area contributed by atoms with Gasteiger partial charge >= 0.3 is 6.18 Å². The van der Waals surface area contributed by atoms with Crippen LogP contribution in [-0.4, -0.2) is 25.2 Å². The molecule has 6 heteroatoms. The van der Waals surface area contributed by atoms with Crippen molar-refractivity contribution in [3.8, 4) is 0 Å². The van der Waals surface area contributed by atoms with Crippen molar-refractivity contribution in [3.05, 3.63) is 29.3 Å². The van der Waals surface area contributed by atoms with Crippen LogP contribution in [0, 0.1) is 13.8 Å². The summed E-state index contributed by atoms with van der Waals surface area (Å²) in [6.45, 7) is 2.48. The number of anilines is 1. The molecular formula is C12H16F3N2O+. The van der Waals surface area contributed by atoms with Gasteiger partial charge < -0.3 is 10.6 Å². The molecule has 0 saturated carbocycles. The molecule has 0 saturated heterocycles. The van der Waals surface area contributed by atoms with E-state index in [0.717, 1.165) is 16.4 Å². The summed E-state index contributed by atoms with van der Waals surface area (Å²) in [5.41, 5.74) is 2.59. The average Bonchev–Trinajstić information content (AvgIpc) is 2.12. The molecule has 0 bridgehead atoms. The number of carbonyl (C=O) groups is 1. The number of amides is 1. The van der Waals surface area contributed by atoms with Crippen LogP contribution >= 0.6 is 0 Å². The Morgan fingerprint density at radius 3 is 2.28 bits per heavy atom. The highest BCUT2D eigenvalue weighted by Gasteiger charge is 2.29. The molecule has 0 radical (unpaired) electrons. The lowest BCUT2D eigenvalue weighted by atomic mass is 10.1. The minimum Gasteiger partial charge on any atom is -0.331 e. The molecule has 3 N–H and O–H groups in total. The Bertz CT molecular complexity index is 410. The molecule has 0 aliphatic rings. The fraction of sp³-hybridized carbons (Fsp3) is 0.417. The molecule has 0 heterocycles. The van der Waals surface area contributed by atoms with E-state index in [1.54, 1.807) is 12.1 Å². The second kappa shape index (κ2) is 5.86. The maximum atomic E-state index is 11.9. The summed E-state index contributed by atoms with van der Waals surface area (Å²) in [5, 5.41) is 3.50. The molecule has 18 heavy (non-hydrogen) atoms. The smallest absolute Gasteiger partial charge is 0.331 e. The van der Waals surface area contributed by atoms with Gasteiger partial charge in [0.1, 0.15) is 0 Å². The fourth-order valence-corrected chi connectivity index (χ4v) is 1.63. The zero-order valence-corrected chi connectivity index (χ0v) is 10.3. The van der Waals surface area contributed by atoms with Crippen LogP contribution in [0.25, 0.3) is 0 Å². The number of halogens is 3. The van der Waals surface area contributed by atoms with Gasteiger partial charge in [-0.1, -0.05) is 6.07 Å². The van der Waals surface area contributed by atoms with E-state index in [9.17, 15) is 18.0 Å². The monoisotopic (exact) mass is 261 g/mol. The van der Waals surface area contributed by atoms with E-state index in [4.69, 9.17) is 0 Å². The first kappa shape index (κ1) is 14.5. The Morgan fingerprint density at radius 2 is 1.78 bits per heavy atom. The van der Waals surface area contributed by atoms with Crippen LogP contribution < -0.4 is 10.6 Å². The molecule has 0 aliphatic carbocycles. The number of hydrogen-bond acceptors (Lipinski definition) is 1. The fourth-order valence-electron chi connectivity index (χ4n) is 1.63. The maximum Gasteiger partial charge on any atom is 0.438 e. The number of hydrogen-bond donors (Lipinski definition) is 2. The van der Waals surface area contributed by atoms with Gasteiger partial charge in [0.15, 0.2) is 13.1 Å². The van der Waals surface area contributed by atoms with Crippen molar-refractivity contribution >= 4 is 11.6 Å². The highest BCUT2D eigenvalue weighted by molar-refractivity contribution is 5.91. The predicted molar refractivity (Wildman–Crippen MR) is 62.3 cm³/mol. The molecule has 3 nitrogen and oxygen atoms in total. The third-order valence-corrected chi connectivity index (χ3v) is 2.21. The quantitative estimate of drug-likeness (QED) is 0.844. The summed E-state index contributed by atoms with van der Waals surface area (Å²) in [5.74, 6) is -0.441. The normalized spacial score (nSPS) is 11.4. The van der Waals surface area contributed by atoms with Crippen molar-refractivity contribution in [1.29, 1.82) is 0 Å². The van der Waals surface area contributed by atoms with Crippen LogP contribution in [0.4, 0.5) is 18.9 Å². The molecule has 0 aliphatic heterocycles. The Balaban J connectivity index is 2.45. The van der Waals surface area contributed by atoms with Crippen LogP contribution in [-0.2, 0) is 4.79 Å². The number of nitrogens with two attached hydrogens (primary N) is 1. The van der Waals surface area contributed by atoms with E-state index >= 15 is 0 Å². The van der Waals surface area contributed by atoms with Crippen LogP contribution in [0.3, 0.4) is 0 Å². The number of rotatable bonds is 4. The molecule has 1 amide bonds. The standard InChI is InChI=1S/C12H15F3N2O/c1-8-3-9(2)5-10(4-8)17-11(18)6-16-7-12(13,14)15/h3-5,16H,6-7H2,1-2H3,(H,17,18)/p+1. The SMILES string of the molecule is Cc1cc(C)cc(NC(=O)C[NH2+]CC(F)(F)F)c1. The van der Waals surface area contributed by atoms with Gasteiger partial charge in [-0.05, 0) is 37.1 Å². The largest absolute Gasteiger partial charge is 0.438 e. The third kappa shape index (κ3) is 5.67. The van der Waals surface area contributed by atoms with Gasteiger partial charge in [0.05, 0.1) is 0 Å². The highest BCUT2D eigenvalue weighted by Crippen LogP contribution is 2.13. The van der Waals surface area contributed by atoms with Gasteiger partial charge in [-0.25, -0.2) is 0 Å². The first-order valence-corrected chi connectivity index (χ1v) is 5.53. The first-order chi connectivity index (χ1) is 8.26. The molecule has 1 aromatic carbocycles. The topological polar surface area (TPSA) is 45.7 Å². The summed E-state index contributed by atoms with van der Waals surface area (Å²) in [6, 6.07) is 5.49. The van der Waals surface area contributed by atoms with E-state index < -0.39 is 18.6 Å². The number of alkyl halides is 3. The van der Waals surface area contributed by atoms with Gasteiger partial charge in [0, 0.05) is 5.69 Å². The molecule has 100 valence electrons. The Morgan fingerprint density at radius 1 is 1.22 bits per heavy atom. The molecule has 0 fully saturated rings.